The van der Waals surface area contributed by atoms with Gasteiger partial charge in [-0.1, -0.05) is 11.6 Å². The molecule has 2 aromatic heterocycles. The Morgan fingerprint density at radius 2 is 2.29 bits per heavy atom. The Labute approximate surface area is 146 Å². The molecule has 128 valence electrons. The highest BCUT2D eigenvalue weighted by Crippen LogP contribution is 2.25. The number of nitrogens with zero attached hydrogens (tertiary/aromatic N) is 5. The highest BCUT2D eigenvalue weighted by Gasteiger charge is 2.25. The molecule has 2 N–H and O–H groups in total. The van der Waals surface area contributed by atoms with Crippen LogP contribution in [0.2, 0.25) is 5.02 Å². The maximum atomic E-state index is 6.24. The van der Waals surface area contributed by atoms with Gasteiger partial charge in [0.2, 0.25) is 0 Å². The van der Waals surface area contributed by atoms with Crippen LogP contribution in [0.25, 0.3) is 0 Å². The van der Waals surface area contributed by atoms with E-state index in [9.17, 15) is 0 Å². The third kappa shape index (κ3) is 3.79. The van der Waals surface area contributed by atoms with Crippen LogP contribution in [0, 0.1) is 0 Å². The molecule has 2 aromatic rings. The standard InChI is InChI=1S/C16H22ClN7/c1-18-16(21-10-14-19-7-9-23(14)2)22-12-5-8-24(11-12)15-13(17)4-3-6-20-15/h3-4,6-7,9,12H,5,8,10-11H2,1-2H3,(H2,18,21,22). The van der Waals surface area contributed by atoms with Gasteiger partial charge in [0.15, 0.2) is 5.96 Å². The van der Waals surface area contributed by atoms with Crippen LogP contribution < -0.4 is 15.5 Å². The van der Waals surface area contributed by atoms with E-state index in [0.29, 0.717) is 17.6 Å². The maximum Gasteiger partial charge on any atom is 0.191 e. The van der Waals surface area contributed by atoms with Crippen molar-refractivity contribution in [1.82, 2.24) is 25.2 Å². The fourth-order valence-corrected chi connectivity index (χ4v) is 3.04. The summed E-state index contributed by atoms with van der Waals surface area (Å²) in [7, 11) is 3.75. The van der Waals surface area contributed by atoms with Crippen molar-refractivity contribution in [2.75, 3.05) is 25.0 Å². The van der Waals surface area contributed by atoms with Crippen LogP contribution in [0.15, 0.2) is 35.7 Å². The van der Waals surface area contributed by atoms with Crippen LogP contribution in [0.3, 0.4) is 0 Å². The second-order valence-corrected chi connectivity index (χ2v) is 6.17. The fourth-order valence-electron chi connectivity index (χ4n) is 2.80. The Balaban J connectivity index is 1.54. The zero-order valence-corrected chi connectivity index (χ0v) is 14.7. The molecule has 3 rings (SSSR count). The molecule has 0 aliphatic carbocycles. The number of rotatable bonds is 4. The van der Waals surface area contributed by atoms with E-state index in [4.69, 9.17) is 11.6 Å². The van der Waals surface area contributed by atoms with Gasteiger partial charge in [-0.2, -0.15) is 0 Å². The van der Waals surface area contributed by atoms with E-state index in [2.05, 4.69) is 30.5 Å². The van der Waals surface area contributed by atoms with Crippen molar-refractivity contribution in [3.05, 3.63) is 41.6 Å². The first kappa shape index (κ1) is 16.6. The minimum atomic E-state index is 0.302. The predicted octanol–water partition coefficient (Wildman–Crippen LogP) is 1.41. The first-order chi connectivity index (χ1) is 11.7. The van der Waals surface area contributed by atoms with Crippen LogP contribution in [-0.2, 0) is 13.6 Å². The molecule has 0 aromatic carbocycles. The molecule has 1 aliphatic heterocycles. The van der Waals surface area contributed by atoms with Gasteiger partial charge in [-0.3, -0.25) is 4.99 Å². The van der Waals surface area contributed by atoms with Crippen molar-refractivity contribution in [2.45, 2.75) is 19.0 Å². The number of aromatic nitrogens is 3. The summed E-state index contributed by atoms with van der Waals surface area (Å²) in [5, 5.41) is 7.45. The van der Waals surface area contributed by atoms with Crippen molar-refractivity contribution in [1.29, 1.82) is 0 Å². The molecule has 1 atom stereocenters. The summed E-state index contributed by atoms with van der Waals surface area (Å²) in [6.07, 6.45) is 6.50. The molecule has 1 saturated heterocycles. The molecule has 7 nitrogen and oxygen atoms in total. The van der Waals surface area contributed by atoms with Crippen LogP contribution >= 0.6 is 11.6 Å². The van der Waals surface area contributed by atoms with Crippen LogP contribution in [-0.4, -0.2) is 46.7 Å². The van der Waals surface area contributed by atoms with Crippen molar-refractivity contribution in [3.63, 3.8) is 0 Å². The number of hydrogen-bond donors (Lipinski definition) is 2. The van der Waals surface area contributed by atoms with Gasteiger partial charge in [0.25, 0.3) is 0 Å². The average Bonchev–Trinajstić information content (AvgIpc) is 3.21. The summed E-state index contributed by atoms with van der Waals surface area (Å²) in [6, 6.07) is 4.02. The number of anilines is 1. The Hall–Kier alpha value is -2.28. The summed E-state index contributed by atoms with van der Waals surface area (Å²) < 4.78 is 1.99. The molecule has 0 spiro atoms. The molecule has 1 unspecified atom stereocenters. The van der Waals surface area contributed by atoms with E-state index >= 15 is 0 Å². The lowest BCUT2D eigenvalue weighted by Gasteiger charge is -2.20. The number of halogens is 1. The molecular weight excluding hydrogens is 326 g/mol. The van der Waals surface area contributed by atoms with Gasteiger partial charge >= 0.3 is 0 Å². The maximum absolute atomic E-state index is 6.24. The third-order valence-corrected chi connectivity index (χ3v) is 4.42. The van der Waals surface area contributed by atoms with Gasteiger partial charge in [-0.05, 0) is 18.6 Å². The Kier molecular flexibility index (Phi) is 5.20. The smallest absolute Gasteiger partial charge is 0.191 e. The van der Waals surface area contributed by atoms with E-state index in [1.54, 1.807) is 19.4 Å². The Bertz CT molecular complexity index is 712. The minimum absolute atomic E-state index is 0.302. The molecule has 0 saturated carbocycles. The second kappa shape index (κ2) is 7.53. The predicted molar refractivity (Wildman–Crippen MR) is 96.4 cm³/mol. The molecule has 24 heavy (non-hydrogen) atoms. The SMILES string of the molecule is CN=C(NCc1nccn1C)NC1CCN(c2ncccc2Cl)C1. The van der Waals surface area contributed by atoms with Gasteiger partial charge < -0.3 is 20.1 Å². The Morgan fingerprint density at radius 3 is 3.00 bits per heavy atom. The summed E-state index contributed by atoms with van der Waals surface area (Å²) >= 11 is 6.24. The van der Waals surface area contributed by atoms with Crippen molar-refractivity contribution >= 4 is 23.4 Å². The zero-order chi connectivity index (χ0) is 16.9. The van der Waals surface area contributed by atoms with Gasteiger partial charge in [-0.25, -0.2) is 9.97 Å². The van der Waals surface area contributed by atoms with E-state index in [1.807, 2.05) is 29.9 Å². The summed E-state index contributed by atoms with van der Waals surface area (Å²) in [5.41, 5.74) is 0. The zero-order valence-electron chi connectivity index (χ0n) is 13.9. The Morgan fingerprint density at radius 1 is 1.42 bits per heavy atom. The third-order valence-electron chi connectivity index (χ3n) is 4.13. The molecule has 1 fully saturated rings. The number of guanidine groups is 1. The van der Waals surface area contributed by atoms with Gasteiger partial charge in [0.1, 0.15) is 11.6 Å². The van der Waals surface area contributed by atoms with E-state index < -0.39 is 0 Å². The largest absolute Gasteiger partial charge is 0.353 e. The summed E-state index contributed by atoms with van der Waals surface area (Å²) in [6.45, 7) is 2.40. The number of aliphatic imine (C=N–C) groups is 1. The van der Waals surface area contributed by atoms with E-state index in [-0.39, 0.29) is 0 Å². The molecular formula is C16H22ClN7. The monoisotopic (exact) mass is 347 g/mol. The molecule has 3 heterocycles. The van der Waals surface area contributed by atoms with Gasteiger partial charge in [-0.15, -0.1) is 0 Å². The fraction of sp³-hybridized carbons (Fsp3) is 0.438. The van der Waals surface area contributed by atoms with Crippen molar-refractivity contribution < 1.29 is 0 Å². The molecule has 8 heteroatoms. The molecule has 1 aliphatic rings. The topological polar surface area (TPSA) is 70.4 Å². The summed E-state index contributed by atoms with van der Waals surface area (Å²) in [4.78, 5) is 15.2. The lowest BCUT2D eigenvalue weighted by molar-refractivity contribution is 0.640. The van der Waals surface area contributed by atoms with Crippen molar-refractivity contribution in [2.24, 2.45) is 12.0 Å². The van der Waals surface area contributed by atoms with E-state index in [0.717, 1.165) is 37.1 Å². The molecule has 0 radical (unpaired) electrons. The quantitative estimate of drug-likeness (QED) is 0.646. The van der Waals surface area contributed by atoms with E-state index in [1.165, 1.54) is 0 Å². The molecule has 0 bridgehead atoms. The number of imidazole rings is 1. The first-order valence-electron chi connectivity index (χ1n) is 7.96. The minimum Gasteiger partial charge on any atom is -0.353 e. The number of nitrogens with one attached hydrogen (secondary N) is 2. The first-order valence-corrected chi connectivity index (χ1v) is 8.34. The lowest BCUT2D eigenvalue weighted by Crippen LogP contribution is -2.44. The number of pyridine rings is 1. The van der Waals surface area contributed by atoms with Crippen molar-refractivity contribution in [3.8, 4) is 0 Å². The average molecular weight is 348 g/mol. The number of aryl methyl sites for hydroxylation is 1. The van der Waals surface area contributed by atoms with Crippen LogP contribution in [0.4, 0.5) is 5.82 Å². The number of hydrogen-bond acceptors (Lipinski definition) is 4. The normalized spacial score (nSPS) is 18.0. The lowest BCUT2D eigenvalue weighted by atomic mass is 10.3. The van der Waals surface area contributed by atoms with Gasteiger partial charge in [0, 0.05) is 51.8 Å². The van der Waals surface area contributed by atoms with Gasteiger partial charge in [0.05, 0.1) is 11.6 Å². The highest BCUT2D eigenvalue weighted by molar-refractivity contribution is 6.32. The second-order valence-electron chi connectivity index (χ2n) is 5.76. The molecule has 0 amide bonds. The van der Waals surface area contributed by atoms with Crippen LogP contribution in [0.5, 0.6) is 0 Å². The highest BCUT2D eigenvalue weighted by atomic mass is 35.5. The van der Waals surface area contributed by atoms with Crippen LogP contribution in [0.1, 0.15) is 12.2 Å². The summed E-state index contributed by atoms with van der Waals surface area (Å²) in [5.74, 6) is 2.59.